The average molecular weight is 472 g/mol. The monoisotopic (exact) mass is 471 g/mol. The second-order valence-corrected chi connectivity index (χ2v) is 8.93. The minimum Gasteiger partial charge on any atom is -0.439 e. The number of benzene rings is 2. The number of hydrogen-bond acceptors (Lipinski definition) is 6. The van der Waals surface area contributed by atoms with Gasteiger partial charge in [0, 0.05) is 23.6 Å². The molecule has 0 aliphatic carbocycles. The van der Waals surface area contributed by atoms with Crippen LogP contribution in [0.25, 0.3) is 10.6 Å². The summed E-state index contributed by atoms with van der Waals surface area (Å²) in [7, 11) is 0. The molecule has 2 N–H and O–H groups in total. The van der Waals surface area contributed by atoms with E-state index in [1.54, 1.807) is 18.2 Å². The number of ether oxygens (including phenoxy) is 1. The summed E-state index contributed by atoms with van der Waals surface area (Å²) in [6.45, 7) is 3.32. The molecule has 0 bridgehead atoms. The summed E-state index contributed by atoms with van der Waals surface area (Å²) in [4.78, 5) is 23.8. The van der Waals surface area contributed by atoms with Gasteiger partial charge in [-0.05, 0) is 49.7 Å². The zero-order chi connectivity index (χ0) is 23.2. The molecule has 3 heterocycles. The average Bonchev–Trinajstić information content (AvgIpc) is 3.53. The van der Waals surface area contributed by atoms with Crippen LogP contribution in [0, 0.1) is 0 Å². The molecule has 1 aliphatic heterocycles. The van der Waals surface area contributed by atoms with E-state index in [1.807, 2.05) is 47.8 Å². The molecular weight excluding hydrogens is 446 g/mol. The number of pyridine rings is 1. The van der Waals surface area contributed by atoms with Crippen molar-refractivity contribution in [3.63, 3.8) is 0 Å². The highest BCUT2D eigenvalue weighted by Gasteiger charge is 2.12. The van der Waals surface area contributed by atoms with Crippen LogP contribution in [0.2, 0.25) is 0 Å². The standard InChI is InChI=1S/C26H25N5O2S/c32-26(30-23-18-34-25(28-23)20-7-2-1-3-8-20)29-22-9-6-10-24(27-22)33-21-13-11-19(12-14-21)17-31-15-4-5-16-31/h1-3,6-14,18H,4-5,15-17H2,(H2,27,29,30,32). The van der Waals surface area contributed by atoms with Crippen molar-refractivity contribution in [3.05, 3.63) is 83.7 Å². The predicted molar refractivity (Wildman–Crippen MR) is 135 cm³/mol. The molecule has 1 fully saturated rings. The van der Waals surface area contributed by atoms with Crippen molar-refractivity contribution < 1.29 is 9.53 Å². The van der Waals surface area contributed by atoms with Crippen LogP contribution in [0.4, 0.5) is 16.4 Å². The Kier molecular flexibility index (Phi) is 6.78. The molecule has 1 saturated heterocycles. The fourth-order valence-electron chi connectivity index (χ4n) is 3.83. The lowest BCUT2D eigenvalue weighted by molar-refractivity contribution is 0.262. The van der Waals surface area contributed by atoms with Crippen molar-refractivity contribution in [3.8, 4) is 22.2 Å². The van der Waals surface area contributed by atoms with E-state index >= 15 is 0 Å². The third-order valence-corrected chi connectivity index (χ3v) is 6.37. The van der Waals surface area contributed by atoms with Gasteiger partial charge in [-0.25, -0.2) is 9.78 Å². The summed E-state index contributed by atoms with van der Waals surface area (Å²) in [5, 5.41) is 8.13. The highest BCUT2D eigenvalue weighted by molar-refractivity contribution is 7.13. The number of carbonyl (C=O) groups is 1. The number of rotatable bonds is 7. The van der Waals surface area contributed by atoms with E-state index in [0.717, 1.165) is 17.1 Å². The molecule has 4 aromatic rings. The van der Waals surface area contributed by atoms with Crippen molar-refractivity contribution in [2.24, 2.45) is 0 Å². The van der Waals surface area contributed by atoms with Gasteiger partial charge in [-0.15, -0.1) is 11.3 Å². The van der Waals surface area contributed by atoms with Gasteiger partial charge in [0.25, 0.3) is 0 Å². The Morgan fingerprint density at radius 2 is 1.65 bits per heavy atom. The predicted octanol–water partition coefficient (Wildman–Crippen LogP) is 6.24. The van der Waals surface area contributed by atoms with Crippen molar-refractivity contribution >= 4 is 29.0 Å². The minimum atomic E-state index is -0.416. The van der Waals surface area contributed by atoms with Gasteiger partial charge < -0.3 is 4.74 Å². The van der Waals surface area contributed by atoms with E-state index < -0.39 is 6.03 Å². The van der Waals surface area contributed by atoms with E-state index in [0.29, 0.717) is 23.3 Å². The quantitative estimate of drug-likeness (QED) is 0.334. The largest absolute Gasteiger partial charge is 0.439 e. The Hall–Kier alpha value is -3.75. The van der Waals surface area contributed by atoms with E-state index in [2.05, 4.69) is 37.6 Å². The number of aromatic nitrogens is 2. The Labute approximate surface area is 202 Å². The molecule has 2 aromatic carbocycles. The molecule has 0 saturated carbocycles. The molecule has 2 aromatic heterocycles. The fraction of sp³-hybridized carbons (Fsp3) is 0.192. The molecule has 7 nitrogen and oxygen atoms in total. The lowest BCUT2D eigenvalue weighted by atomic mass is 10.2. The van der Waals surface area contributed by atoms with Gasteiger partial charge in [0.1, 0.15) is 22.4 Å². The van der Waals surface area contributed by atoms with Gasteiger partial charge in [0.2, 0.25) is 5.88 Å². The van der Waals surface area contributed by atoms with Crippen molar-refractivity contribution in [2.45, 2.75) is 19.4 Å². The smallest absolute Gasteiger partial charge is 0.326 e. The summed E-state index contributed by atoms with van der Waals surface area (Å²) in [5.74, 6) is 1.99. The Morgan fingerprint density at radius 1 is 0.882 bits per heavy atom. The summed E-state index contributed by atoms with van der Waals surface area (Å²) in [6, 6.07) is 22.8. The Bertz CT molecular complexity index is 1240. The third-order valence-electron chi connectivity index (χ3n) is 5.48. The number of urea groups is 1. The number of nitrogens with one attached hydrogen (secondary N) is 2. The highest BCUT2D eigenvalue weighted by Crippen LogP contribution is 2.26. The van der Waals surface area contributed by atoms with Gasteiger partial charge in [-0.3, -0.25) is 15.5 Å². The molecule has 2 amide bonds. The Morgan fingerprint density at radius 3 is 2.44 bits per heavy atom. The van der Waals surface area contributed by atoms with Crippen LogP contribution in [0.3, 0.4) is 0 Å². The first-order valence-corrected chi connectivity index (χ1v) is 12.1. The van der Waals surface area contributed by atoms with Crippen LogP contribution in [0.1, 0.15) is 18.4 Å². The van der Waals surface area contributed by atoms with E-state index in [4.69, 9.17) is 4.74 Å². The van der Waals surface area contributed by atoms with Crippen LogP contribution in [-0.2, 0) is 6.54 Å². The molecule has 172 valence electrons. The zero-order valence-corrected chi connectivity index (χ0v) is 19.4. The van der Waals surface area contributed by atoms with Crippen molar-refractivity contribution in [2.75, 3.05) is 23.7 Å². The number of thiazole rings is 1. The van der Waals surface area contributed by atoms with Crippen molar-refractivity contribution in [1.82, 2.24) is 14.9 Å². The summed E-state index contributed by atoms with van der Waals surface area (Å²) in [5.41, 5.74) is 2.28. The maximum Gasteiger partial charge on any atom is 0.326 e. The number of amides is 2. The van der Waals surface area contributed by atoms with Gasteiger partial charge in [0.15, 0.2) is 0 Å². The highest BCUT2D eigenvalue weighted by atomic mass is 32.1. The summed E-state index contributed by atoms with van der Waals surface area (Å²) < 4.78 is 5.89. The number of hydrogen-bond donors (Lipinski definition) is 2. The summed E-state index contributed by atoms with van der Waals surface area (Å²) >= 11 is 1.47. The van der Waals surface area contributed by atoms with Crippen LogP contribution in [-0.4, -0.2) is 34.0 Å². The molecule has 0 unspecified atom stereocenters. The van der Waals surface area contributed by atoms with Crippen LogP contribution in [0.15, 0.2) is 78.2 Å². The SMILES string of the molecule is O=C(Nc1cccc(Oc2ccc(CN3CCCC3)cc2)n1)Nc1csc(-c2ccccc2)n1. The fourth-order valence-corrected chi connectivity index (χ4v) is 4.59. The normalized spacial score (nSPS) is 13.5. The van der Waals surface area contributed by atoms with Crippen LogP contribution < -0.4 is 15.4 Å². The topological polar surface area (TPSA) is 79.4 Å². The molecule has 0 radical (unpaired) electrons. The maximum absolute atomic E-state index is 12.4. The number of anilines is 2. The lowest BCUT2D eigenvalue weighted by Gasteiger charge is -2.14. The Balaban J connectivity index is 1.16. The molecule has 0 spiro atoms. The van der Waals surface area contributed by atoms with Crippen LogP contribution in [0.5, 0.6) is 11.6 Å². The van der Waals surface area contributed by atoms with Gasteiger partial charge in [-0.2, -0.15) is 4.98 Å². The molecule has 34 heavy (non-hydrogen) atoms. The lowest BCUT2D eigenvalue weighted by Crippen LogP contribution is -2.20. The minimum absolute atomic E-state index is 0.388. The van der Waals surface area contributed by atoms with Gasteiger partial charge in [-0.1, -0.05) is 48.5 Å². The molecular formula is C26H25N5O2S. The number of likely N-dealkylation sites (tertiary alicyclic amines) is 1. The zero-order valence-electron chi connectivity index (χ0n) is 18.6. The number of carbonyl (C=O) groups excluding carboxylic acids is 1. The first-order chi connectivity index (χ1) is 16.7. The third kappa shape index (κ3) is 5.78. The van der Waals surface area contributed by atoms with E-state index in [1.165, 1.54) is 42.8 Å². The molecule has 8 heteroatoms. The van der Waals surface area contributed by atoms with E-state index in [-0.39, 0.29) is 0 Å². The first kappa shape index (κ1) is 22.1. The van der Waals surface area contributed by atoms with E-state index in [9.17, 15) is 4.79 Å². The molecule has 0 atom stereocenters. The van der Waals surface area contributed by atoms with Gasteiger partial charge >= 0.3 is 6.03 Å². The summed E-state index contributed by atoms with van der Waals surface area (Å²) in [6.07, 6.45) is 2.57. The second kappa shape index (κ2) is 10.5. The molecule has 5 rings (SSSR count). The van der Waals surface area contributed by atoms with Crippen molar-refractivity contribution in [1.29, 1.82) is 0 Å². The van der Waals surface area contributed by atoms with Crippen LogP contribution >= 0.6 is 11.3 Å². The first-order valence-electron chi connectivity index (χ1n) is 11.3. The van der Waals surface area contributed by atoms with Gasteiger partial charge in [0.05, 0.1) is 0 Å². The maximum atomic E-state index is 12.4. The second-order valence-electron chi connectivity index (χ2n) is 8.07. The number of nitrogens with zero attached hydrogens (tertiary/aromatic N) is 3. The molecule has 1 aliphatic rings.